The Kier molecular flexibility index (Phi) is 6.18. The Bertz CT molecular complexity index is 839. The molecule has 0 radical (unpaired) electrons. The molecule has 2 rings (SSSR count). The SMILES string of the molecule is COc1ccccc1OCC#CCNS(=O)(=O)c1ccc(F)cc1. The van der Waals surface area contributed by atoms with E-state index in [4.69, 9.17) is 9.47 Å². The van der Waals surface area contributed by atoms with Crippen molar-refractivity contribution >= 4 is 10.0 Å². The first-order valence-electron chi connectivity index (χ1n) is 7.00. The molecule has 1 N–H and O–H groups in total. The zero-order valence-electron chi connectivity index (χ0n) is 13.0. The minimum absolute atomic E-state index is 0.0176. The topological polar surface area (TPSA) is 64.6 Å². The number of benzene rings is 2. The van der Waals surface area contributed by atoms with Gasteiger partial charge in [-0.1, -0.05) is 24.0 Å². The molecule has 5 nitrogen and oxygen atoms in total. The van der Waals surface area contributed by atoms with Crippen molar-refractivity contribution in [3.8, 4) is 23.3 Å². The van der Waals surface area contributed by atoms with E-state index in [1.54, 1.807) is 12.1 Å². The molecule has 0 amide bonds. The molecular formula is C17H16FNO4S. The molecule has 0 unspecified atom stereocenters. The van der Waals surface area contributed by atoms with Gasteiger partial charge in [0.05, 0.1) is 18.6 Å². The number of ether oxygens (including phenoxy) is 2. The Morgan fingerprint density at radius 3 is 2.38 bits per heavy atom. The predicted molar refractivity (Wildman–Crippen MR) is 87.9 cm³/mol. The maximum absolute atomic E-state index is 12.8. The number of para-hydroxylation sites is 2. The minimum atomic E-state index is -3.71. The van der Waals surface area contributed by atoms with Gasteiger partial charge in [-0.05, 0) is 36.4 Å². The molecular weight excluding hydrogens is 333 g/mol. The second-order valence-corrected chi connectivity index (χ2v) is 6.34. The van der Waals surface area contributed by atoms with Crippen LogP contribution in [0.5, 0.6) is 11.5 Å². The zero-order chi connectivity index (χ0) is 17.4. The number of hydrogen-bond acceptors (Lipinski definition) is 4. The Balaban J connectivity index is 1.84. The number of hydrogen-bond donors (Lipinski definition) is 1. The first kappa shape index (κ1) is 17.8. The fourth-order valence-electron chi connectivity index (χ4n) is 1.79. The highest BCUT2D eigenvalue weighted by atomic mass is 32.2. The third-order valence-corrected chi connectivity index (χ3v) is 4.39. The third-order valence-electron chi connectivity index (χ3n) is 2.97. The quantitative estimate of drug-likeness (QED) is 0.812. The summed E-state index contributed by atoms with van der Waals surface area (Å²) < 4.78 is 49.6. The summed E-state index contributed by atoms with van der Waals surface area (Å²) in [6.07, 6.45) is 0. The van der Waals surface area contributed by atoms with Gasteiger partial charge in [-0.15, -0.1) is 0 Å². The zero-order valence-corrected chi connectivity index (χ0v) is 13.8. The van der Waals surface area contributed by atoms with E-state index >= 15 is 0 Å². The van der Waals surface area contributed by atoms with Crippen molar-refractivity contribution < 1.29 is 22.3 Å². The summed E-state index contributed by atoms with van der Waals surface area (Å²) in [5.74, 6) is 6.01. The maximum Gasteiger partial charge on any atom is 0.241 e. The molecule has 2 aromatic carbocycles. The first-order chi connectivity index (χ1) is 11.5. The molecule has 0 aromatic heterocycles. The summed E-state index contributed by atoms with van der Waals surface area (Å²) in [5, 5.41) is 0. The standard InChI is InChI=1S/C17H16FNO4S/c1-22-16-6-2-3-7-17(16)23-13-5-4-12-19-24(20,21)15-10-8-14(18)9-11-15/h2-3,6-11,19H,12-13H2,1H3. The van der Waals surface area contributed by atoms with Crippen molar-refractivity contribution in [3.05, 3.63) is 54.3 Å². The van der Waals surface area contributed by atoms with E-state index in [9.17, 15) is 12.8 Å². The fourth-order valence-corrected chi connectivity index (χ4v) is 2.72. The van der Waals surface area contributed by atoms with E-state index in [1.807, 2.05) is 12.1 Å². The summed E-state index contributed by atoms with van der Waals surface area (Å²) in [7, 11) is -2.17. The van der Waals surface area contributed by atoms with Gasteiger partial charge in [0.2, 0.25) is 10.0 Å². The van der Waals surface area contributed by atoms with Gasteiger partial charge in [0.15, 0.2) is 11.5 Å². The van der Waals surface area contributed by atoms with Gasteiger partial charge in [0.25, 0.3) is 0 Å². The van der Waals surface area contributed by atoms with Crippen molar-refractivity contribution in [2.75, 3.05) is 20.3 Å². The lowest BCUT2D eigenvalue weighted by Crippen LogP contribution is -2.24. The lowest BCUT2D eigenvalue weighted by Gasteiger charge is -2.07. The largest absolute Gasteiger partial charge is 0.493 e. The number of rotatable bonds is 6. The summed E-state index contributed by atoms with van der Waals surface area (Å²) >= 11 is 0. The van der Waals surface area contributed by atoms with Crippen LogP contribution in [0.1, 0.15) is 0 Å². The van der Waals surface area contributed by atoms with E-state index in [-0.39, 0.29) is 18.0 Å². The van der Waals surface area contributed by atoms with Gasteiger partial charge in [0.1, 0.15) is 12.4 Å². The number of halogens is 1. The van der Waals surface area contributed by atoms with Gasteiger partial charge in [0, 0.05) is 0 Å². The van der Waals surface area contributed by atoms with Gasteiger partial charge in [-0.2, -0.15) is 4.72 Å². The highest BCUT2D eigenvalue weighted by Crippen LogP contribution is 2.25. The van der Waals surface area contributed by atoms with Crippen LogP contribution < -0.4 is 14.2 Å². The molecule has 0 fully saturated rings. The van der Waals surface area contributed by atoms with Crippen molar-refractivity contribution in [1.29, 1.82) is 0 Å². The van der Waals surface area contributed by atoms with E-state index in [1.165, 1.54) is 19.2 Å². The molecule has 0 saturated carbocycles. The van der Waals surface area contributed by atoms with Crippen molar-refractivity contribution in [2.45, 2.75) is 4.90 Å². The van der Waals surface area contributed by atoms with Crippen molar-refractivity contribution in [1.82, 2.24) is 4.72 Å². The predicted octanol–water partition coefficient (Wildman–Crippen LogP) is 2.20. The van der Waals surface area contributed by atoms with Gasteiger partial charge in [-0.25, -0.2) is 12.8 Å². The molecule has 0 atom stereocenters. The van der Waals surface area contributed by atoms with Crippen LogP contribution >= 0.6 is 0 Å². The molecule has 0 bridgehead atoms. The van der Waals surface area contributed by atoms with E-state index < -0.39 is 15.8 Å². The van der Waals surface area contributed by atoms with Gasteiger partial charge in [-0.3, -0.25) is 0 Å². The Morgan fingerprint density at radius 1 is 1.04 bits per heavy atom. The van der Waals surface area contributed by atoms with E-state index in [0.717, 1.165) is 12.1 Å². The van der Waals surface area contributed by atoms with Crippen LogP contribution in [0.4, 0.5) is 4.39 Å². The molecule has 7 heteroatoms. The van der Waals surface area contributed by atoms with E-state index in [2.05, 4.69) is 16.6 Å². The van der Waals surface area contributed by atoms with Crippen LogP contribution in [0.15, 0.2) is 53.4 Å². The summed E-state index contributed by atoms with van der Waals surface area (Å²) in [5.41, 5.74) is 0. The van der Waals surface area contributed by atoms with Gasteiger partial charge < -0.3 is 9.47 Å². The summed E-state index contributed by atoms with van der Waals surface area (Å²) in [4.78, 5) is -0.0176. The molecule has 0 aliphatic carbocycles. The molecule has 24 heavy (non-hydrogen) atoms. The Labute approximate surface area is 140 Å². The highest BCUT2D eigenvalue weighted by Gasteiger charge is 2.12. The van der Waals surface area contributed by atoms with Gasteiger partial charge >= 0.3 is 0 Å². The second-order valence-electron chi connectivity index (χ2n) is 4.57. The minimum Gasteiger partial charge on any atom is -0.493 e. The normalized spacial score (nSPS) is 10.6. The lowest BCUT2D eigenvalue weighted by atomic mass is 10.3. The molecule has 0 aliphatic rings. The molecule has 2 aromatic rings. The average molecular weight is 349 g/mol. The summed E-state index contributed by atoms with van der Waals surface area (Å²) in [6.45, 7) is 0.0215. The van der Waals surface area contributed by atoms with Crippen LogP contribution in [-0.4, -0.2) is 28.7 Å². The summed E-state index contributed by atoms with van der Waals surface area (Å²) in [6, 6.07) is 11.7. The molecule has 0 spiro atoms. The van der Waals surface area contributed by atoms with Crippen LogP contribution in [0.2, 0.25) is 0 Å². The number of methoxy groups -OCH3 is 1. The Hall–Kier alpha value is -2.56. The smallest absolute Gasteiger partial charge is 0.241 e. The fraction of sp³-hybridized carbons (Fsp3) is 0.176. The monoisotopic (exact) mass is 349 g/mol. The average Bonchev–Trinajstić information content (AvgIpc) is 2.58. The lowest BCUT2D eigenvalue weighted by molar-refractivity contribution is 0.331. The maximum atomic E-state index is 12.8. The van der Waals surface area contributed by atoms with Crippen LogP contribution in [0, 0.1) is 17.7 Å². The Morgan fingerprint density at radius 2 is 1.71 bits per heavy atom. The van der Waals surface area contributed by atoms with Crippen molar-refractivity contribution in [3.63, 3.8) is 0 Å². The number of sulfonamides is 1. The molecule has 126 valence electrons. The van der Waals surface area contributed by atoms with E-state index in [0.29, 0.717) is 11.5 Å². The van der Waals surface area contributed by atoms with Crippen LogP contribution in [-0.2, 0) is 10.0 Å². The third kappa shape index (κ3) is 4.98. The van der Waals surface area contributed by atoms with Crippen LogP contribution in [0.25, 0.3) is 0 Å². The number of nitrogens with one attached hydrogen (secondary N) is 1. The molecule has 0 saturated heterocycles. The highest BCUT2D eigenvalue weighted by molar-refractivity contribution is 7.89. The first-order valence-corrected chi connectivity index (χ1v) is 8.48. The second kappa shape index (κ2) is 8.34. The van der Waals surface area contributed by atoms with Crippen molar-refractivity contribution in [2.24, 2.45) is 0 Å². The molecule has 0 heterocycles. The molecule has 0 aliphatic heterocycles. The van der Waals surface area contributed by atoms with Crippen LogP contribution in [0.3, 0.4) is 0 Å².